The number of aliphatic hydroxyl groups excluding tert-OH is 3. The second-order valence-corrected chi connectivity index (χ2v) is 25.7. The number of unbranched alkanes of at least 4 members (excludes halogenated alkanes) is 2. The zero-order valence-electron chi connectivity index (χ0n) is 54.6. The van der Waals surface area contributed by atoms with Crippen LogP contribution in [-0.4, -0.2) is 171 Å². The second kappa shape index (κ2) is 30.4. The Bertz CT molecular complexity index is 4000. The molecular weight excluding hydrogens is 1260 g/mol. The number of hydrogen-bond acceptors (Lipinski definition) is 19. The number of hydrogen-bond donors (Lipinski definition) is 7. The lowest BCUT2D eigenvalue weighted by atomic mass is 9.80. The summed E-state index contributed by atoms with van der Waals surface area (Å²) < 4.78 is 34.0. The number of alkyl carbamates (subject to hydrolysis) is 1. The van der Waals surface area contributed by atoms with E-state index in [1.54, 1.807) is 59.5 Å². The molecule has 0 spiro atoms. The maximum absolute atomic E-state index is 14.0. The van der Waals surface area contributed by atoms with Crippen molar-refractivity contribution in [3.8, 4) is 23.0 Å². The summed E-state index contributed by atoms with van der Waals surface area (Å²) in [7, 11) is 1.62. The molecule has 0 aromatic heterocycles. The van der Waals surface area contributed by atoms with Crippen molar-refractivity contribution in [2.24, 2.45) is 21.3 Å². The first-order valence-electron chi connectivity index (χ1n) is 32.5. The molecule has 3 unspecified atom stereocenters. The first-order chi connectivity index (χ1) is 47.1. The third kappa shape index (κ3) is 16.2. The quantitative estimate of drug-likeness (QED) is 0.0207. The zero-order chi connectivity index (χ0) is 69.4. The number of likely N-dealkylation sites (tertiary alicyclic amines) is 1. The van der Waals surface area contributed by atoms with Crippen LogP contribution in [0, 0.1) is 11.3 Å². The number of rotatable bonds is 26. The molecule has 0 bridgehead atoms. The van der Waals surface area contributed by atoms with E-state index in [0.29, 0.717) is 91.3 Å². The average Bonchev–Trinajstić information content (AvgIpc) is 1.58. The predicted molar refractivity (Wildman–Crippen MR) is 357 cm³/mol. The molecule has 2 saturated heterocycles. The number of aliphatic hydroxyl groups is 3. The van der Waals surface area contributed by atoms with Crippen molar-refractivity contribution in [3.63, 3.8) is 0 Å². The molecule has 0 radical (unpaired) electrons. The third-order valence-electron chi connectivity index (χ3n) is 17.8. The maximum Gasteiger partial charge on any atom is 0.407 e. The number of amides is 7. The molecule has 11 rings (SSSR count). The number of anilines is 1. The number of aliphatic imine (C=N–C) groups is 2. The Morgan fingerprint density at radius 1 is 0.643 bits per heavy atom. The molecule has 7 amide bonds. The van der Waals surface area contributed by atoms with E-state index < -0.39 is 48.7 Å². The van der Waals surface area contributed by atoms with Gasteiger partial charge in [0.05, 0.1) is 66.5 Å². The first-order valence-corrected chi connectivity index (χ1v) is 32.5. The fourth-order valence-electron chi connectivity index (χ4n) is 12.3. The Balaban J connectivity index is 0.619. The van der Waals surface area contributed by atoms with Gasteiger partial charge in [-0.15, -0.1) is 0 Å². The summed E-state index contributed by atoms with van der Waals surface area (Å²) >= 11 is 0. The maximum atomic E-state index is 14.0. The van der Waals surface area contributed by atoms with Crippen LogP contribution < -0.4 is 34.9 Å². The van der Waals surface area contributed by atoms with Crippen LogP contribution in [0.4, 0.5) is 21.9 Å². The highest BCUT2D eigenvalue weighted by atomic mass is 16.7. The number of fused-ring (bicyclic) bond motifs is 4. The monoisotopic (exact) mass is 1340 g/mol. The number of carbonyl (C=O) groups is 8. The number of nitrogens with zero attached hydrogens (tertiary/aromatic N) is 5. The minimum absolute atomic E-state index is 0.0350. The van der Waals surface area contributed by atoms with Gasteiger partial charge in [0.15, 0.2) is 6.10 Å². The number of ether oxygens (including phenoxy) is 6. The number of imide groups is 1. The average molecular weight is 1340 g/mol. The molecule has 2 fully saturated rings. The summed E-state index contributed by atoms with van der Waals surface area (Å²) in [5, 5.41) is 49.0. The summed E-state index contributed by atoms with van der Waals surface area (Å²) in [6.45, 7) is 6.47. The summed E-state index contributed by atoms with van der Waals surface area (Å²) in [5.74, 6) is -1.87. The van der Waals surface area contributed by atoms with E-state index in [0.717, 1.165) is 33.6 Å². The third-order valence-corrected chi connectivity index (χ3v) is 17.8. The van der Waals surface area contributed by atoms with Crippen LogP contribution in [0.25, 0.3) is 11.1 Å². The molecule has 8 atom stereocenters. The first kappa shape index (κ1) is 69.1. The molecule has 26 nitrogen and oxygen atoms in total. The van der Waals surface area contributed by atoms with Crippen molar-refractivity contribution in [1.29, 1.82) is 0 Å². The van der Waals surface area contributed by atoms with Gasteiger partial charge in [-0.2, -0.15) is 0 Å². The largest absolute Gasteiger partial charge is 0.497 e. The summed E-state index contributed by atoms with van der Waals surface area (Å²) in [5.41, 5.74) is 6.53. The fraction of sp³-hybridized carbons (Fsp3) is 0.389. The molecule has 5 aromatic carbocycles. The Morgan fingerprint density at radius 2 is 1.23 bits per heavy atom. The van der Waals surface area contributed by atoms with Gasteiger partial charge in [-0.25, -0.2) is 9.59 Å². The van der Waals surface area contributed by atoms with Gasteiger partial charge < -0.3 is 74.6 Å². The highest BCUT2D eigenvalue weighted by molar-refractivity contribution is 6.06. The van der Waals surface area contributed by atoms with Crippen molar-refractivity contribution in [1.82, 2.24) is 25.3 Å². The lowest BCUT2D eigenvalue weighted by Crippen LogP contribution is -2.61. The number of benzene rings is 5. The molecule has 6 aliphatic heterocycles. The molecule has 0 aliphatic carbocycles. The number of nitrogens with one attached hydrogen (secondary N) is 3. The minimum atomic E-state index is -1.99. The number of carbonyl (C=O) groups excluding carboxylic acids is 7. The van der Waals surface area contributed by atoms with E-state index >= 15 is 0 Å². The van der Waals surface area contributed by atoms with Crippen LogP contribution in [0.5, 0.6) is 23.0 Å². The van der Waals surface area contributed by atoms with Crippen LogP contribution in [-0.2, 0) is 46.6 Å². The molecule has 6 aliphatic rings. The van der Waals surface area contributed by atoms with Crippen LogP contribution in [0.1, 0.15) is 122 Å². The molecule has 7 N–H and O–H groups in total. The molecule has 0 saturated carbocycles. The highest BCUT2D eigenvalue weighted by Gasteiger charge is 2.49. The van der Waals surface area contributed by atoms with E-state index in [1.165, 1.54) is 23.1 Å². The van der Waals surface area contributed by atoms with E-state index in [-0.39, 0.29) is 110 Å². The number of carboxylic acids is 1. The summed E-state index contributed by atoms with van der Waals surface area (Å²) in [4.78, 5) is 118. The number of aliphatic carboxylic acids is 1. The molecular formula is C72H78N8O18. The standard InChI is InChI=1S/C72H78N8O18/c1-72(2,3)54-34-61(83)78(68(54)89)26-7-5-6-9-59(81)73-25-24-60(82)77-57-29-42(12-23-58(57)97-70-64(86)62(84)63(85)65(98-70)69(90)91)40-96-71(92)76-35-41-10-13-43(14-11-41)45-30-47-36-74-55-32-50(19-21-52(55)66(87)79(47)38-45)94-27-8-28-95-51-20-22-53-56(33-51)75-37-48-31-46(39-80(48)67(53)88)44-15-17-49(93-4)18-16-44/h10-23,29,32-33,36-39,47-48,54,62-65,70,84-86H,5-9,24-28,30-31,34-35,40H2,1-4H3,(H,73,81)(H,76,92)(H,77,82)(H,90,91)/t47-,48-,54?,62-,63-,64?,65?,70+/m0/s1. The van der Waals surface area contributed by atoms with Gasteiger partial charge in [0.1, 0.15) is 47.9 Å². The molecule has 5 aromatic rings. The van der Waals surface area contributed by atoms with Crippen molar-refractivity contribution in [2.45, 2.75) is 134 Å². The van der Waals surface area contributed by atoms with E-state index in [1.807, 2.05) is 87.9 Å². The molecule has 98 heavy (non-hydrogen) atoms. The SMILES string of the molecule is COc1ccc(C2=CN3C(=O)c4ccc(OCCCOc5ccc6c(c5)N=C[C@@H]5CC(c7ccc(CNC(=O)OCc8ccc(O[C@@H]9OC(C(=O)O)[C@@H](O)[C@H](O)C9O)c(NC(=O)CCNC(=O)CCCCCN9C(=O)CC(C(C)(C)C)C9=O)c8)cc7)=CN5C6=O)cc4N=C[C@@H]3C2)cc1. The van der Waals surface area contributed by atoms with Gasteiger partial charge in [-0.05, 0) is 100 Å². The summed E-state index contributed by atoms with van der Waals surface area (Å²) in [6.07, 6.45) is 0.263. The van der Waals surface area contributed by atoms with Gasteiger partial charge in [-0.3, -0.25) is 43.7 Å². The highest BCUT2D eigenvalue weighted by Crippen LogP contribution is 2.40. The van der Waals surface area contributed by atoms with Crippen molar-refractivity contribution >= 4 is 88.1 Å². The van der Waals surface area contributed by atoms with Crippen LogP contribution in [0.3, 0.4) is 0 Å². The van der Waals surface area contributed by atoms with E-state index in [2.05, 4.69) is 20.9 Å². The molecule has 514 valence electrons. The van der Waals surface area contributed by atoms with Crippen molar-refractivity contribution in [3.05, 3.63) is 149 Å². The number of carboxylic acid groups (broad SMARTS) is 1. The topological polar surface area (TPSA) is 343 Å². The Labute approximate surface area is 564 Å². The van der Waals surface area contributed by atoms with Gasteiger partial charge in [0.2, 0.25) is 29.9 Å². The Hall–Kier alpha value is -10.3. The van der Waals surface area contributed by atoms with Crippen LogP contribution in [0.15, 0.2) is 126 Å². The minimum Gasteiger partial charge on any atom is -0.497 e. The van der Waals surface area contributed by atoms with Gasteiger partial charge in [0, 0.05) is 95.1 Å². The number of methoxy groups -OCH3 is 1. The lowest BCUT2D eigenvalue weighted by molar-refractivity contribution is -0.271. The molecule has 6 heterocycles. The van der Waals surface area contributed by atoms with Gasteiger partial charge in [-0.1, -0.05) is 69.7 Å². The fourth-order valence-corrected chi connectivity index (χ4v) is 12.3. The van der Waals surface area contributed by atoms with E-state index in [9.17, 15) is 58.8 Å². The van der Waals surface area contributed by atoms with Crippen LogP contribution >= 0.6 is 0 Å². The lowest BCUT2D eigenvalue weighted by Gasteiger charge is -2.38. The van der Waals surface area contributed by atoms with Crippen molar-refractivity contribution in [2.75, 3.05) is 38.7 Å². The second-order valence-electron chi connectivity index (χ2n) is 25.7. The van der Waals surface area contributed by atoms with Gasteiger partial charge in [0.25, 0.3) is 11.8 Å². The van der Waals surface area contributed by atoms with Crippen LogP contribution in [0.2, 0.25) is 0 Å². The van der Waals surface area contributed by atoms with Gasteiger partial charge >= 0.3 is 12.1 Å². The zero-order valence-corrected chi connectivity index (χ0v) is 54.6. The Morgan fingerprint density at radius 3 is 1.82 bits per heavy atom. The predicted octanol–water partition coefficient (Wildman–Crippen LogP) is 7.61. The van der Waals surface area contributed by atoms with E-state index in [4.69, 9.17) is 33.4 Å². The van der Waals surface area contributed by atoms with Crippen molar-refractivity contribution < 1.29 is 87.2 Å². The summed E-state index contributed by atoms with van der Waals surface area (Å²) in [6, 6.07) is 29.4. The smallest absolute Gasteiger partial charge is 0.407 e. The molecule has 26 heteroatoms. The Kier molecular flexibility index (Phi) is 21.4. The normalized spacial score (nSPS) is 21.6.